The quantitative estimate of drug-likeness (QED) is 0.467. The Bertz CT molecular complexity index is 597. The predicted octanol–water partition coefficient (Wildman–Crippen LogP) is 2.89. The molecule has 0 saturated carbocycles. The molecule has 0 radical (unpaired) electrons. The van der Waals surface area contributed by atoms with Gasteiger partial charge < -0.3 is 10.2 Å². The average Bonchev–Trinajstić information content (AvgIpc) is 3.01. The van der Waals surface area contributed by atoms with Crippen molar-refractivity contribution in [2.75, 3.05) is 13.6 Å². The van der Waals surface area contributed by atoms with Crippen molar-refractivity contribution in [1.29, 1.82) is 0 Å². The molecule has 4 nitrogen and oxygen atoms in total. The minimum atomic E-state index is 0. The number of aliphatic imine (C=N–C) groups is 1. The topological polar surface area (TPSA) is 40.5 Å². The highest BCUT2D eigenvalue weighted by Gasteiger charge is 2.18. The third-order valence-electron chi connectivity index (χ3n) is 3.52. The van der Waals surface area contributed by atoms with Gasteiger partial charge in [0.1, 0.15) is 5.01 Å². The lowest BCUT2D eigenvalue weighted by atomic mass is 10.0. The van der Waals surface area contributed by atoms with Crippen LogP contribution in [0.25, 0.3) is 0 Å². The summed E-state index contributed by atoms with van der Waals surface area (Å²) in [7, 11) is 1.84. The van der Waals surface area contributed by atoms with Gasteiger partial charge in [-0.3, -0.25) is 4.99 Å². The number of halogens is 1. The van der Waals surface area contributed by atoms with Crippen molar-refractivity contribution >= 4 is 41.3 Å². The number of guanidine groups is 1. The Morgan fingerprint density at radius 2 is 2.19 bits per heavy atom. The Hall–Kier alpha value is -1.15. The van der Waals surface area contributed by atoms with E-state index in [2.05, 4.69) is 44.5 Å². The van der Waals surface area contributed by atoms with Crippen LogP contribution >= 0.6 is 35.3 Å². The molecule has 1 aromatic heterocycles. The van der Waals surface area contributed by atoms with Gasteiger partial charge in [0, 0.05) is 31.7 Å². The third kappa shape index (κ3) is 3.94. The molecule has 0 amide bonds. The zero-order valence-corrected chi connectivity index (χ0v) is 15.1. The molecular weight excluding hydrogens is 395 g/mol. The highest BCUT2D eigenvalue weighted by molar-refractivity contribution is 14.0. The number of hydrogen-bond acceptors (Lipinski definition) is 3. The van der Waals surface area contributed by atoms with Gasteiger partial charge in [0.25, 0.3) is 0 Å². The van der Waals surface area contributed by atoms with Gasteiger partial charge in [-0.25, -0.2) is 4.98 Å². The molecule has 0 bridgehead atoms. The van der Waals surface area contributed by atoms with E-state index >= 15 is 0 Å². The zero-order chi connectivity index (χ0) is 13.8. The van der Waals surface area contributed by atoms with Crippen molar-refractivity contribution in [3.8, 4) is 0 Å². The number of hydrogen-bond donors (Lipinski definition) is 1. The second kappa shape index (κ2) is 7.74. The number of aromatic nitrogens is 1. The number of benzene rings is 1. The third-order valence-corrected chi connectivity index (χ3v) is 4.30. The van der Waals surface area contributed by atoms with Gasteiger partial charge in [-0.05, 0) is 17.5 Å². The van der Waals surface area contributed by atoms with Crippen LogP contribution in [0.5, 0.6) is 0 Å². The summed E-state index contributed by atoms with van der Waals surface area (Å²) in [6.45, 7) is 2.67. The molecule has 2 heterocycles. The molecule has 0 spiro atoms. The summed E-state index contributed by atoms with van der Waals surface area (Å²) >= 11 is 1.66. The van der Waals surface area contributed by atoms with E-state index in [4.69, 9.17) is 0 Å². The molecular formula is C15H19IN4S. The molecule has 3 rings (SSSR count). The summed E-state index contributed by atoms with van der Waals surface area (Å²) in [5, 5.41) is 6.48. The Kier molecular flexibility index (Phi) is 5.98. The Balaban J connectivity index is 0.00000161. The summed E-state index contributed by atoms with van der Waals surface area (Å²) < 4.78 is 0. The largest absolute Gasteiger partial charge is 0.350 e. The normalized spacial score (nSPS) is 14.3. The van der Waals surface area contributed by atoms with Gasteiger partial charge in [-0.1, -0.05) is 24.3 Å². The van der Waals surface area contributed by atoms with Crippen molar-refractivity contribution in [2.45, 2.75) is 19.5 Å². The lowest BCUT2D eigenvalue weighted by molar-refractivity contribution is 0.378. The number of thiazole rings is 1. The van der Waals surface area contributed by atoms with Gasteiger partial charge in [0.15, 0.2) is 5.96 Å². The van der Waals surface area contributed by atoms with Crippen LogP contribution in [-0.2, 0) is 19.5 Å². The van der Waals surface area contributed by atoms with E-state index in [0.717, 1.165) is 37.0 Å². The lowest BCUT2D eigenvalue weighted by Crippen LogP contribution is -2.43. The second-order valence-electron chi connectivity index (χ2n) is 4.77. The van der Waals surface area contributed by atoms with Crippen LogP contribution in [0.2, 0.25) is 0 Å². The first-order valence-corrected chi connectivity index (χ1v) is 7.65. The van der Waals surface area contributed by atoms with Crippen molar-refractivity contribution < 1.29 is 0 Å². The fourth-order valence-electron chi connectivity index (χ4n) is 2.50. The van der Waals surface area contributed by atoms with Crippen LogP contribution in [0.1, 0.15) is 16.1 Å². The summed E-state index contributed by atoms with van der Waals surface area (Å²) in [6.07, 6.45) is 2.91. The Labute approximate surface area is 146 Å². The molecule has 112 valence electrons. The van der Waals surface area contributed by atoms with Crippen LogP contribution in [-0.4, -0.2) is 29.4 Å². The van der Waals surface area contributed by atoms with E-state index in [1.54, 1.807) is 11.3 Å². The maximum atomic E-state index is 4.39. The number of nitrogens with one attached hydrogen (secondary N) is 1. The predicted molar refractivity (Wildman–Crippen MR) is 98.3 cm³/mol. The van der Waals surface area contributed by atoms with Crippen LogP contribution < -0.4 is 5.32 Å². The standard InChI is InChI=1S/C15H18N4S.HI/c1-16-15(18-10-14-17-7-9-20-14)19-8-6-12-4-2-3-5-13(12)11-19;/h2-5,7,9H,6,8,10-11H2,1H3,(H,16,18);1H. The van der Waals surface area contributed by atoms with Crippen molar-refractivity contribution in [3.05, 3.63) is 52.0 Å². The molecule has 1 N–H and O–H groups in total. The molecule has 1 aliphatic rings. The van der Waals surface area contributed by atoms with Crippen LogP contribution in [0.4, 0.5) is 0 Å². The molecule has 6 heteroatoms. The molecule has 0 fully saturated rings. The first-order valence-electron chi connectivity index (χ1n) is 6.77. The molecule has 0 unspecified atom stereocenters. The summed E-state index contributed by atoms with van der Waals surface area (Å²) in [6, 6.07) is 8.64. The Morgan fingerprint density at radius 1 is 1.38 bits per heavy atom. The van der Waals surface area contributed by atoms with Crippen molar-refractivity contribution in [2.24, 2.45) is 4.99 Å². The van der Waals surface area contributed by atoms with E-state index in [0.29, 0.717) is 0 Å². The fourth-order valence-corrected chi connectivity index (χ4v) is 3.06. The maximum Gasteiger partial charge on any atom is 0.194 e. The molecule has 0 saturated heterocycles. The monoisotopic (exact) mass is 414 g/mol. The van der Waals surface area contributed by atoms with Gasteiger partial charge in [-0.15, -0.1) is 35.3 Å². The van der Waals surface area contributed by atoms with Crippen LogP contribution in [0.3, 0.4) is 0 Å². The average molecular weight is 414 g/mol. The smallest absolute Gasteiger partial charge is 0.194 e. The molecule has 21 heavy (non-hydrogen) atoms. The number of nitrogens with zero attached hydrogens (tertiary/aromatic N) is 3. The van der Waals surface area contributed by atoms with E-state index in [1.807, 2.05) is 18.6 Å². The van der Waals surface area contributed by atoms with E-state index in [9.17, 15) is 0 Å². The molecule has 0 aliphatic carbocycles. The molecule has 2 aromatic rings. The van der Waals surface area contributed by atoms with Gasteiger partial charge >= 0.3 is 0 Å². The summed E-state index contributed by atoms with van der Waals surface area (Å²) in [5.41, 5.74) is 2.86. The number of rotatable bonds is 2. The zero-order valence-electron chi connectivity index (χ0n) is 12.0. The Morgan fingerprint density at radius 3 is 2.90 bits per heavy atom. The first kappa shape index (κ1) is 16.2. The first-order chi connectivity index (χ1) is 9.86. The minimum Gasteiger partial charge on any atom is -0.350 e. The van der Waals surface area contributed by atoms with E-state index < -0.39 is 0 Å². The van der Waals surface area contributed by atoms with Crippen LogP contribution in [0, 0.1) is 0 Å². The lowest BCUT2D eigenvalue weighted by Gasteiger charge is -2.31. The highest BCUT2D eigenvalue weighted by atomic mass is 127. The fraction of sp³-hybridized carbons (Fsp3) is 0.333. The van der Waals surface area contributed by atoms with Gasteiger partial charge in [-0.2, -0.15) is 0 Å². The van der Waals surface area contributed by atoms with Crippen molar-refractivity contribution in [3.63, 3.8) is 0 Å². The summed E-state index contributed by atoms with van der Waals surface area (Å²) in [5.74, 6) is 0.953. The molecule has 1 aliphatic heterocycles. The van der Waals surface area contributed by atoms with E-state index in [-0.39, 0.29) is 24.0 Å². The second-order valence-corrected chi connectivity index (χ2v) is 5.75. The summed E-state index contributed by atoms with van der Waals surface area (Å²) in [4.78, 5) is 11.0. The SMILES string of the molecule is CN=C(NCc1nccs1)N1CCc2ccccc2C1.I. The minimum absolute atomic E-state index is 0. The highest BCUT2D eigenvalue weighted by Crippen LogP contribution is 2.18. The molecule has 0 atom stereocenters. The van der Waals surface area contributed by atoms with Crippen LogP contribution in [0.15, 0.2) is 40.8 Å². The maximum absolute atomic E-state index is 4.39. The van der Waals surface area contributed by atoms with Gasteiger partial charge in [0.2, 0.25) is 0 Å². The van der Waals surface area contributed by atoms with Gasteiger partial charge in [0.05, 0.1) is 6.54 Å². The van der Waals surface area contributed by atoms with Crippen molar-refractivity contribution in [1.82, 2.24) is 15.2 Å². The van der Waals surface area contributed by atoms with E-state index in [1.165, 1.54) is 11.1 Å². The molecule has 1 aromatic carbocycles. The number of fused-ring (bicyclic) bond motifs is 1.